The normalized spacial score (nSPS) is 23.8. The van der Waals surface area contributed by atoms with Crippen molar-refractivity contribution >= 4 is 17.8 Å². The van der Waals surface area contributed by atoms with Crippen LogP contribution in [0.5, 0.6) is 0 Å². The average molecular weight is 170 g/mol. The number of carbonyl (C=O) groups excluding carboxylic acids is 2. The summed E-state index contributed by atoms with van der Waals surface area (Å²) >= 11 is 0. The van der Waals surface area contributed by atoms with Gasteiger partial charge in [0, 0.05) is 0 Å². The van der Waals surface area contributed by atoms with Crippen LogP contribution in [-0.4, -0.2) is 35.3 Å². The maximum Gasteiger partial charge on any atom is 0.249 e. The van der Waals surface area contributed by atoms with E-state index in [1.54, 1.807) is 6.92 Å². The Bertz CT molecular complexity index is 250. The number of hydrogen-bond donors (Lipinski definition) is 3. The Labute approximate surface area is 69.2 Å². The van der Waals surface area contributed by atoms with Gasteiger partial charge in [0.05, 0.1) is 0 Å². The van der Waals surface area contributed by atoms with E-state index >= 15 is 0 Å². The van der Waals surface area contributed by atoms with Gasteiger partial charge < -0.3 is 10.6 Å². The molecule has 0 aromatic rings. The predicted octanol–water partition coefficient (Wildman–Crippen LogP) is -1.77. The largest absolute Gasteiger partial charge is 0.370 e. The van der Waals surface area contributed by atoms with Gasteiger partial charge in [0.1, 0.15) is 12.6 Å². The molecule has 0 aromatic heterocycles. The van der Waals surface area contributed by atoms with Gasteiger partial charge in [-0.25, -0.2) is 0 Å². The summed E-state index contributed by atoms with van der Waals surface area (Å²) in [4.78, 5) is 23.0. The average Bonchev–Trinajstić information content (AvgIpc) is 1.96. The summed E-state index contributed by atoms with van der Waals surface area (Å²) in [5, 5.41) is 9.21. The fraction of sp³-hybridized carbons (Fsp3) is 0.500. The molecule has 1 rings (SSSR count). The van der Waals surface area contributed by atoms with Crippen molar-refractivity contribution in [2.24, 2.45) is 5.73 Å². The number of nitrogens with zero attached hydrogens (tertiary/aromatic N) is 1. The van der Waals surface area contributed by atoms with Crippen molar-refractivity contribution in [1.29, 1.82) is 5.41 Å². The summed E-state index contributed by atoms with van der Waals surface area (Å²) in [5.41, 5.74) is 5.16. The van der Waals surface area contributed by atoms with E-state index in [-0.39, 0.29) is 12.5 Å². The number of hydrogen-bond acceptors (Lipinski definition) is 3. The minimum atomic E-state index is -0.541. The first-order valence-corrected chi connectivity index (χ1v) is 3.46. The van der Waals surface area contributed by atoms with Gasteiger partial charge in [0.15, 0.2) is 5.96 Å². The zero-order valence-corrected chi connectivity index (χ0v) is 6.63. The molecular weight excluding hydrogens is 160 g/mol. The molecule has 1 heterocycles. The fourth-order valence-electron chi connectivity index (χ4n) is 1.01. The van der Waals surface area contributed by atoms with E-state index in [4.69, 9.17) is 11.1 Å². The Morgan fingerprint density at radius 3 is 2.83 bits per heavy atom. The minimum Gasteiger partial charge on any atom is -0.370 e. The fourth-order valence-corrected chi connectivity index (χ4v) is 1.01. The van der Waals surface area contributed by atoms with Crippen LogP contribution in [-0.2, 0) is 9.59 Å². The third-order valence-electron chi connectivity index (χ3n) is 1.73. The van der Waals surface area contributed by atoms with Crippen LogP contribution in [0.3, 0.4) is 0 Å². The molecule has 0 aromatic carbocycles. The van der Waals surface area contributed by atoms with E-state index in [1.165, 1.54) is 4.90 Å². The molecule has 0 bridgehead atoms. The highest BCUT2D eigenvalue weighted by atomic mass is 16.2. The lowest BCUT2D eigenvalue weighted by Crippen LogP contribution is -2.60. The van der Waals surface area contributed by atoms with Gasteiger partial charge in [-0.15, -0.1) is 0 Å². The summed E-state index contributed by atoms with van der Waals surface area (Å²) in [7, 11) is 0. The number of nitrogens with two attached hydrogens (primary N) is 1. The van der Waals surface area contributed by atoms with Crippen molar-refractivity contribution in [2.45, 2.75) is 13.0 Å². The zero-order chi connectivity index (χ0) is 9.30. The molecule has 1 unspecified atom stereocenters. The molecule has 1 aliphatic rings. The molecule has 1 atom stereocenters. The SMILES string of the molecule is CC1C(=O)NC(=O)CN1C(=N)N. The molecule has 6 heteroatoms. The summed E-state index contributed by atoms with van der Waals surface area (Å²) < 4.78 is 0. The number of rotatable bonds is 0. The molecule has 0 saturated carbocycles. The Kier molecular flexibility index (Phi) is 1.99. The van der Waals surface area contributed by atoms with E-state index in [2.05, 4.69) is 5.32 Å². The lowest BCUT2D eigenvalue weighted by Gasteiger charge is -2.31. The molecule has 2 amide bonds. The van der Waals surface area contributed by atoms with Crippen LogP contribution in [0.4, 0.5) is 0 Å². The summed E-state index contributed by atoms with van der Waals surface area (Å²) in [6.45, 7) is 1.56. The third kappa shape index (κ3) is 1.36. The van der Waals surface area contributed by atoms with Crippen molar-refractivity contribution in [3.05, 3.63) is 0 Å². The number of carbonyl (C=O) groups is 2. The molecule has 1 saturated heterocycles. The lowest BCUT2D eigenvalue weighted by atomic mass is 10.2. The van der Waals surface area contributed by atoms with E-state index in [0.29, 0.717) is 0 Å². The van der Waals surface area contributed by atoms with Crippen molar-refractivity contribution in [1.82, 2.24) is 10.2 Å². The maximum absolute atomic E-state index is 11.0. The Morgan fingerprint density at radius 1 is 1.75 bits per heavy atom. The monoisotopic (exact) mass is 170 g/mol. The number of guanidine groups is 1. The molecule has 4 N–H and O–H groups in total. The van der Waals surface area contributed by atoms with Crippen LogP contribution < -0.4 is 11.1 Å². The quantitative estimate of drug-likeness (QED) is 0.227. The number of piperazine rings is 1. The first kappa shape index (κ1) is 8.51. The molecule has 12 heavy (non-hydrogen) atoms. The van der Waals surface area contributed by atoms with Gasteiger partial charge in [-0.3, -0.25) is 20.3 Å². The van der Waals surface area contributed by atoms with Crippen LogP contribution in [0.2, 0.25) is 0 Å². The first-order valence-electron chi connectivity index (χ1n) is 3.46. The van der Waals surface area contributed by atoms with Crippen LogP contribution in [0.25, 0.3) is 0 Å². The van der Waals surface area contributed by atoms with E-state index in [0.717, 1.165) is 0 Å². The highest BCUT2D eigenvalue weighted by molar-refractivity contribution is 6.03. The molecule has 0 radical (unpaired) electrons. The Balaban J connectivity index is 2.79. The molecular formula is C6H10N4O2. The summed E-state index contributed by atoms with van der Waals surface area (Å²) in [6.07, 6.45) is 0. The third-order valence-corrected chi connectivity index (χ3v) is 1.73. The van der Waals surface area contributed by atoms with Crippen LogP contribution in [0.1, 0.15) is 6.92 Å². The molecule has 66 valence electrons. The number of imide groups is 1. The number of amides is 2. The molecule has 1 aliphatic heterocycles. The van der Waals surface area contributed by atoms with Gasteiger partial charge in [-0.2, -0.15) is 0 Å². The first-order chi connectivity index (χ1) is 5.52. The lowest BCUT2D eigenvalue weighted by molar-refractivity contribution is -0.137. The molecule has 6 nitrogen and oxygen atoms in total. The van der Waals surface area contributed by atoms with E-state index < -0.39 is 17.9 Å². The van der Waals surface area contributed by atoms with Gasteiger partial charge in [0.2, 0.25) is 11.8 Å². The van der Waals surface area contributed by atoms with Crippen LogP contribution >= 0.6 is 0 Å². The minimum absolute atomic E-state index is 0.0256. The van der Waals surface area contributed by atoms with Crippen LogP contribution in [0, 0.1) is 5.41 Å². The summed E-state index contributed by atoms with van der Waals surface area (Å²) in [5.74, 6) is -1.10. The Morgan fingerprint density at radius 2 is 2.33 bits per heavy atom. The molecule has 0 aliphatic carbocycles. The maximum atomic E-state index is 11.0. The second kappa shape index (κ2) is 2.80. The summed E-state index contributed by atoms with van der Waals surface area (Å²) in [6, 6.07) is -0.541. The second-order valence-corrected chi connectivity index (χ2v) is 2.60. The molecule has 1 fully saturated rings. The second-order valence-electron chi connectivity index (χ2n) is 2.60. The number of nitrogens with one attached hydrogen (secondary N) is 2. The van der Waals surface area contributed by atoms with E-state index in [9.17, 15) is 9.59 Å². The van der Waals surface area contributed by atoms with Gasteiger partial charge in [-0.1, -0.05) is 0 Å². The van der Waals surface area contributed by atoms with Crippen LogP contribution in [0.15, 0.2) is 0 Å². The highest BCUT2D eigenvalue weighted by Gasteiger charge is 2.30. The van der Waals surface area contributed by atoms with Gasteiger partial charge in [-0.05, 0) is 6.92 Å². The zero-order valence-electron chi connectivity index (χ0n) is 6.63. The smallest absolute Gasteiger partial charge is 0.249 e. The van der Waals surface area contributed by atoms with Crippen molar-refractivity contribution in [3.63, 3.8) is 0 Å². The van der Waals surface area contributed by atoms with Crippen molar-refractivity contribution < 1.29 is 9.59 Å². The van der Waals surface area contributed by atoms with Gasteiger partial charge >= 0.3 is 0 Å². The molecule has 0 spiro atoms. The van der Waals surface area contributed by atoms with Crippen molar-refractivity contribution in [3.8, 4) is 0 Å². The Hall–Kier alpha value is -1.59. The highest BCUT2D eigenvalue weighted by Crippen LogP contribution is 2.02. The van der Waals surface area contributed by atoms with E-state index in [1.807, 2.05) is 0 Å². The standard InChI is InChI=1S/C6H10N4O2/c1-3-5(12)9-4(11)2-10(3)6(7)8/h3H,2H2,1H3,(H3,7,8)(H,9,11,12). The predicted molar refractivity (Wildman–Crippen MR) is 41.2 cm³/mol. The topological polar surface area (TPSA) is 99.3 Å². The van der Waals surface area contributed by atoms with Crippen molar-refractivity contribution in [2.75, 3.05) is 6.54 Å². The van der Waals surface area contributed by atoms with Gasteiger partial charge in [0.25, 0.3) is 0 Å².